The Morgan fingerprint density at radius 1 is 0.875 bits per heavy atom. The molecule has 0 amide bonds. The van der Waals surface area contributed by atoms with Gasteiger partial charge in [-0.3, -0.25) is 0 Å². The Kier molecular flexibility index (Phi) is 5.15. The molecule has 1 N–H and O–H groups in total. The van der Waals surface area contributed by atoms with Gasteiger partial charge in [0.05, 0.1) is 0 Å². The molecule has 0 aromatic heterocycles. The van der Waals surface area contributed by atoms with Crippen LogP contribution in [0.4, 0.5) is 0 Å². The molecule has 0 radical (unpaired) electrons. The summed E-state index contributed by atoms with van der Waals surface area (Å²) in [4.78, 5) is 0. The van der Waals surface area contributed by atoms with Gasteiger partial charge in [0.25, 0.3) is 0 Å². The summed E-state index contributed by atoms with van der Waals surface area (Å²) in [5, 5.41) is 3.68. The van der Waals surface area contributed by atoms with E-state index in [0.29, 0.717) is 0 Å². The lowest BCUT2D eigenvalue weighted by Crippen LogP contribution is -2.30. The highest BCUT2D eigenvalue weighted by Crippen LogP contribution is 2.35. The van der Waals surface area contributed by atoms with Crippen molar-refractivity contribution < 1.29 is 0 Å². The standard InChI is InChI=1S/C15H29N/c1-2-16-15-10-6-5-9-14(12-15)11-13-7-3-4-8-13/h13-16H,2-12H2,1H3. The van der Waals surface area contributed by atoms with Crippen LogP contribution in [-0.2, 0) is 0 Å². The molecule has 2 rings (SSSR count). The van der Waals surface area contributed by atoms with E-state index in [1.807, 2.05) is 0 Å². The summed E-state index contributed by atoms with van der Waals surface area (Å²) < 4.78 is 0. The zero-order valence-corrected chi connectivity index (χ0v) is 11.0. The van der Waals surface area contributed by atoms with Gasteiger partial charge in [-0.15, -0.1) is 0 Å². The Bertz CT molecular complexity index is 184. The van der Waals surface area contributed by atoms with Crippen molar-refractivity contribution in [3.05, 3.63) is 0 Å². The molecule has 0 aromatic rings. The fourth-order valence-electron chi connectivity index (χ4n) is 3.87. The van der Waals surface area contributed by atoms with E-state index in [-0.39, 0.29) is 0 Å². The maximum Gasteiger partial charge on any atom is 0.00695 e. The van der Waals surface area contributed by atoms with Crippen molar-refractivity contribution in [3.8, 4) is 0 Å². The quantitative estimate of drug-likeness (QED) is 0.707. The van der Waals surface area contributed by atoms with Crippen molar-refractivity contribution in [3.63, 3.8) is 0 Å². The molecule has 0 saturated heterocycles. The Hall–Kier alpha value is -0.0400. The smallest absolute Gasteiger partial charge is 0.00695 e. The van der Waals surface area contributed by atoms with E-state index in [4.69, 9.17) is 0 Å². The first-order valence-electron chi connectivity index (χ1n) is 7.62. The number of hydrogen-bond donors (Lipinski definition) is 1. The Morgan fingerprint density at radius 3 is 2.19 bits per heavy atom. The maximum absolute atomic E-state index is 3.68. The molecular weight excluding hydrogens is 194 g/mol. The minimum Gasteiger partial charge on any atom is -0.314 e. The van der Waals surface area contributed by atoms with Gasteiger partial charge in [-0.1, -0.05) is 51.9 Å². The fraction of sp³-hybridized carbons (Fsp3) is 1.00. The van der Waals surface area contributed by atoms with Crippen molar-refractivity contribution in [1.29, 1.82) is 0 Å². The van der Waals surface area contributed by atoms with Gasteiger partial charge in [0, 0.05) is 6.04 Å². The van der Waals surface area contributed by atoms with Crippen molar-refractivity contribution in [1.82, 2.24) is 5.32 Å². The summed E-state index contributed by atoms with van der Waals surface area (Å²) in [5.74, 6) is 2.13. The van der Waals surface area contributed by atoms with Crippen LogP contribution in [0.1, 0.15) is 71.1 Å². The van der Waals surface area contributed by atoms with Gasteiger partial charge >= 0.3 is 0 Å². The third kappa shape index (κ3) is 3.76. The number of hydrogen-bond acceptors (Lipinski definition) is 1. The normalized spacial score (nSPS) is 32.8. The molecule has 2 saturated carbocycles. The lowest BCUT2D eigenvalue weighted by atomic mass is 9.87. The molecule has 0 heterocycles. The van der Waals surface area contributed by atoms with E-state index in [0.717, 1.165) is 24.4 Å². The minimum atomic E-state index is 0.832. The molecule has 2 unspecified atom stereocenters. The average Bonchev–Trinajstić information content (AvgIpc) is 2.67. The molecule has 0 bridgehead atoms. The first kappa shape index (κ1) is 12.4. The van der Waals surface area contributed by atoms with Crippen LogP contribution in [0.3, 0.4) is 0 Å². The van der Waals surface area contributed by atoms with Crippen molar-refractivity contribution in [2.45, 2.75) is 77.2 Å². The number of rotatable bonds is 4. The van der Waals surface area contributed by atoms with Crippen LogP contribution in [0.2, 0.25) is 0 Å². The van der Waals surface area contributed by atoms with Crippen molar-refractivity contribution in [2.75, 3.05) is 6.54 Å². The summed E-state index contributed by atoms with van der Waals surface area (Å²) in [7, 11) is 0. The summed E-state index contributed by atoms with van der Waals surface area (Å²) in [5.41, 5.74) is 0. The molecule has 16 heavy (non-hydrogen) atoms. The predicted molar refractivity (Wildman–Crippen MR) is 70.6 cm³/mol. The maximum atomic E-state index is 3.68. The molecule has 2 aliphatic rings. The van der Waals surface area contributed by atoms with E-state index in [1.54, 1.807) is 6.42 Å². The summed E-state index contributed by atoms with van der Waals surface area (Å²) in [6.07, 6.45) is 15.0. The summed E-state index contributed by atoms with van der Waals surface area (Å²) in [6, 6.07) is 0.832. The molecule has 1 nitrogen and oxygen atoms in total. The topological polar surface area (TPSA) is 12.0 Å². The van der Waals surface area contributed by atoms with Gasteiger partial charge in [-0.05, 0) is 37.6 Å². The van der Waals surface area contributed by atoms with E-state index >= 15 is 0 Å². The molecule has 94 valence electrons. The minimum absolute atomic E-state index is 0.832. The highest BCUT2D eigenvalue weighted by Gasteiger charge is 2.24. The van der Waals surface area contributed by atoms with E-state index in [1.165, 1.54) is 57.8 Å². The van der Waals surface area contributed by atoms with Crippen LogP contribution < -0.4 is 5.32 Å². The molecule has 2 aliphatic carbocycles. The highest BCUT2D eigenvalue weighted by molar-refractivity contribution is 4.79. The highest BCUT2D eigenvalue weighted by atomic mass is 14.9. The molecular formula is C15H29N. The van der Waals surface area contributed by atoms with Gasteiger partial charge in [-0.25, -0.2) is 0 Å². The average molecular weight is 223 g/mol. The molecule has 0 spiro atoms. The third-order valence-corrected chi connectivity index (χ3v) is 4.67. The van der Waals surface area contributed by atoms with Crippen LogP contribution >= 0.6 is 0 Å². The molecule has 2 atom stereocenters. The van der Waals surface area contributed by atoms with Crippen LogP contribution in [0.15, 0.2) is 0 Å². The largest absolute Gasteiger partial charge is 0.314 e. The van der Waals surface area contributed by atoms with Crippen molar-refractivity contribution >= 4 is 0 Å². The van der Waals surface area contributed by atoms with Crippen LogP contribution in [0.5, 0.6) is 0 Å². The van der Waals surface area contributed by atoms with Gasteiger partial charge in [-0.2, -0.15) is 0 Å². The summed E-state index contributed by atoms with van der Waals surface area (Å²) in [6.45, 7) is 3.40. The second-order valence-corrected chi connectivity index (χ2v) is 6.03. The Morgan fingerprint density at radius 2 is 1.50 bits per heavy atom. The first-order valence-corrected chi connectivity index (χ1v) is 7.62. The second-order valence-electron chi connectivity index (χ2n) is 6.03. The SMILES string of the molecule is CCNC1CCCCC(CC2CCCC2)C1. The molecule has 1 heteroatoms. The zero-order chi connectivity index (χ0) is 11.2. The van der Waals surface area contributed by atoms with Crippen LogP contribution in [0.25, 0.3) is 0 Å². The Labute approximate surface area is 101 Å². The van der Waals surface area contributed by atoms with E-state index in [9.17, 15) is 0 Å². The lowest BCUT2D eigenvalue weighted by molar-refractivity contribution is 0.316. The predicted octanol–water partition coefficient (Wildman–Crippen LogP) is 4.13. The van der Waals surface area contributed by atoms with E-state index in [2.05, 4.69) is 12.2 Å². The van der Waals surface area contributed by atoms with Gasteiger partial charge in [0.2, 0.25) is 0 Å². The molecule has 2 fully saturated rings. The van der Waals surface area contributed by atoms with Gasteiger partial charge in [0.15, 0.2) is 0 Å². The first-order chi connectivity index (χ1) is 7.88. The van der Waals surface area contributed by atoms with Crippen LogP contribution in [-0.4, -0.2) is 12.6 Å². The van der Waals surface area contributed by atoms with Gasteiger partial charge < -0.3 is 5.32 Å². The van der Waals surface area contributed by atoms with Gasteiger partial charge in [0.1, 0.15) is 0 Å². The number of nitrogens with one attached hydrogen (secondary N) is 1. The third-order valence-electron chi connectivity index (χ3n) is 4.67. The summed E-state index contributed by atoms with van der Waals surface area (Å²) >= 11 is 0. The zero-order valence-electron chi connectivity index (χ0n) is 11.0. The monoisotopic (exact) mass is 223 g/mol. The fourth-order valence-corrected chi connectivity index (χ4v) is 3.87. The van der Waals surface area contributed by atoms with Crippen LogP contribution in [0, 0.1) is 11.8 Å². The Balaban J connectivity index is 1.77. The van der Waals surface area contributed by atoms with E-state index < -0.39 is 0 Å². The van der Waals surface area contributed by atoms with Crippen molar-refractivity contribution in [2.24, 2.45) is 11.8 Å². The molecule has 0 aromatic carbocycles. The lowest BCUT2D eigenvalue weighted by Gasteiger charge is -2.23. The molecule has 0 aliphatic heterocycles. The second kappa shape index (κ2) is 6.64.